The van der Waals surface area contributed by atoms with Gasteiger partial charge in [0.1, 0.15) is 5.82 Å². The van der Waals surface area contributed by atoms with Crippen molar-refractivity contribution in [3.63, 3.8) is 0 Å². The van der Waals surface area contributed by atoms with Gasteiger partial charge < -0.3 is 15.8 Å². The molecule has 0 unspecified atom stereocenters. The van der Waals surface area contributed by atoms with Crippen molar-refractivity contribution >= 4 is 11.5 Å². The molecule has 0 aliphatic rings. The maximum absolute atomic E-state index is 5.89. The standard InChI is InChI=1S/C17H23N3O/c1-12(2)11-21-17-15(18)7-8-16(20-17)19-10-14-6-4-5-13(3)9-14/h4-9,12H,10-11,18H2,1-3H3,(H,19,20). The number of pyridine rings is 1. The lowest BCUT2D eigenvalue weighted by atomic mass is 10.1. The Morgan fingerprint density at radius 2 is 2.05 bits per heavy atom. The van der Waals surface area contributed by atoms with Crippen LogP contribution in [-0.4, -0.2) is 11.6 Å². The lowest BCUT2D eigenvalue weighted by Crippen LogP contribution is -2.09. The summed E-state index contributed by atoms with van der Waals surface area (Å²) in [6.45, 7) is 7.61. The van der Waals surface area contributed by atoms with Crippen LogP contribution in [0.5, 0.6) is 5.88 Å². The highest BCUT2D eigenvalue weighted by Crippen LogP contribution is 2.21. The van der Waals surface area contributed by atoms with E-state index in [1.54, 1.807) is 0 Å². The van der Waals surface area contributed by atoms with Gasteiger partial charge in [0.2, 0.25) is 5.88 Å². The number of rotatable bonds is 6. The largest absolute Gasteiger partial charge is 0.476 e. The van der Waals surface area contributed by atoms with Crippen LogP contribution in [0.3, 0.4) is 0 Å². The van der Waals surface area contributed by atoms with Crippen LogP contribution in [-0.2, 0) is 6.54 Å². The molecule has 0 aliphatic heterocycles. The zero-order valence-electron chi connectivity index (χ0n) is 12.9. The van der Waals surface area contributed by atoms with Gasteiger partial charge in [-0.3, -0.25) is 0 Å². The normalized spacial score (nSPS) is 10.7. The van der Waals surface area contributed by atoms with Crippen molar-refractivity contribution in [1.29, 1.82) is 0 Å². The van der Waals surface area contributed by atoms with Crippen molar-refractivity contribution < 1.29 is 4.74 Å². The highest BCUT2D eigenvalue weighted by molar-refractivity contribution is 5.53. The first-order valence-electron chi connectivity index (χ1n) is 7.23. The van der Waals surface area contributed by atoms with Crippen LogP contribution in [0.2, 0.25) is 0 Å². The van der Waals surface area contributed by atoms with E-state index < -0.39 is 0 Å². The Labute approximate surface area is 126 Å². The molecule has 1 heterocycles. The molecule has 0 atom stereocenters. The Kier molecular flexibility index (Phi) is 5.04. The predicted octanol–water partition coefficient (Wildman–Crippen LogP) is 3.62. The average molecular weight is 285 g/mol. The summed E-state index contributed by atoms with van der Waals surface area (Å²) in [5.41, 5.74) is 8.93. The molecule has 0 amide bonds. The zero-order chi connectivity index (χ0) is 15.2. The van der Waals surface area contributed by atoms with E-state index in [0.29, 0.717) is 24.1 Å². The van der Waals surface area contributed by atoms with E-state index in [1.165, 1.54) is 11.1 Å². The summed E-state index contributed by atoms with van der Waals surface area (Å²) in [4.78, 5) is 4.42. The van der Waals surface area contributed by atoms with Crippen molar-refractivity contribution in [2.45, 2.75) is 27.3 Å². The Morgan fingerprint density at radius 1 is 1.24 bits per heavy atom. The summed E-state index contributed by atoms with van der Waals surface area (Å²) < 4.78 is 5.63. The van der Waals surface area contributed by atoms with Gasteiger partial charge in [-0.05, 0) is 30.5 Å². The highest BCUT2D eigenvalue weighted by Gasteiger charge is 2.05. The van der Waals surface area contributed by atoms with Gasteiger partial charge in [0.15, 0.2) is 0 Å². The number of aromatic nitrogens is 1. The van der Waals surface area contributed by atoms with E-state index >= 15 is 0 Å². The quantitative estimate of drug-likeness (QED) is 0.851. The molecule has 112 valence electrons. The van der Waals surface area contributed by atoms with Gasteiger partial charge in [0.25, 0.3) is 0 Å². The number of ether oxygens (including phenoxy) is 1. The first-order chi connectivity index (χ1) is 10.0. The first kappa shape index (κ1) is 15.2. The molecule has 1 aromatic heterocycles. The minimum atomic E-state index is 0.440. The Balaban J connectivity index is 2.01. The predicted molar refractivity (Wildman–Crippen MR) is 87.5 cm³/mol. The van der Waals surface area contributed by atoms with Crippen molar-refractivity contribution in [3.05, 3.63) is 47.5 Å². The van der Waals surface area contributed by atoms with E-state index in [1.807, 2.05) is 12.1 Å². The van der Waals surface area contributed by atoms with Gasteiger partial charge in [-0.25, -0.2) is 0 Å². The van der Waals surface area contributed by atoms with Crippen LogP contribution in [0.25, 0.3) is 0 Å². The maximum Gasteiger partial charge on any atom is 0.239 e. The van der Waals surface area contributed by atoms with E-state index in [2.05, 4.69) is 55.3 Å². The number of hydrogen-bond donors (Lipinski definition) is 2. The van der Waals surface area contributed by atoms with E-state index in [4.69, 9.17) is 10.5 Å². The topological polar surface area (TPSA) is 60.2 Å². The summed E-state index contributed by atoms with van der Waals surface area (Å²) in [5, 5.41) is 3.30. The fourth-order valence-electron chi connectivity index (χ4n) is 1.93. The molecular formula is C17H23N3O. The molecule has 4 nitrogen and oxygen atoms in total. The van der Waals surface area contributed by atoms with Gasteiger partial charge in [0.05, 0.1) is 12.3 Å². The smallest absolute Gasteiger partial charge is 0.239 e. The molecule has 0 radical (unpaired) electrons. The van der Waals surface area contributed by atoms with E-state index in [0.717, 1.165) is 12.4 Å². The molecule has 0 bridgehead atoms. The first-order valence-corrected chi connectivity index (χ1v) is 7.23. The van der Waals surface area contributed by atoms with E-state index in [-0.39, 0.29) is 0 Å². The summed E-state index contributed by atoms with van der Waals surface area (Å²) in [5.74, 6) is 1.71. The third-order valence-corrected chi connectivity index (χ3v) is 3.00. The van der Waals surface area contributed by atoms with Crippen molar-refractivity contribution in [2.24, 2.45) is 5.92 Å². The second kappa shape index (κ2) is 6.97. The maximum atomic E-state index is 5.89. The fourth-order valence-corrected chi connectivity index (χ4v) is 1.93. The van der Waals surface area contributed by atoms with Crippen LogP contribution in [0.4, 0.5) is 11.5 Å². The number of nitrogens with zero attached hydrogens (tertiary/aromatic N) is 1. The lowest BCUT2D eigenvalue weighted by Gasteiger charge is -2.12. The summed E-state index contributed by atoms with van der Waals surface area (Å²) in [6.07, 6.45) is 0. The lowest BCUT2D eigenvalue weighted by molar-refractivity contribution is 0.263. The van der Waals surface area contributed by atoms with Crippen molar-refractivity contribution in [3.8, 4) is 5.88 Å². The van der Waals surface area contributed by atoms with Gasteiger partial charge >= 0.3 is 0 Å². The van der Waals surface area contributed by atoms with Crippen LogP contribution in [0, 0.1) is 12.8 Å². The SMILES string of the molecule is Cc1cccc(CNc2ccc(N)c(OCC(C)C)n2)c1. The number of nitrogens with one attached hydrogen (secondary N) is 1. The van der Waals surface area contributed by atoms with Crippen LogP contribution < -0.4 is 15.8 Å². The number of benzene rings is 1. The molecule has 0 fully saturated rings. The molecule has 0 saturated heterocycles. The minimum Gasteiger partial charge on any atom is -0.476 e. The fraction of sp³-hybridized carbons (Fsp3) is 0.353. The third-order valence-electron chi connectivity index (χ3n) is 3.00. The molecule has 0 aliphatic carbocycles. The zero-order valence-corrected chi connectivity index (χ0v) is 12.9. The third kappa shape index (κ3) is 4.67. The molecule has 1 aromatic carbocycles. The Hall–Kier alpha value is -2.23. The van der Waals surface area contributed by atoms with Gasteiger partial charge in [0, 0.05) is 6.54 Å². The summed E-state index contributed by atoms with van der Waals surface area (Å²) in [6, 6.07) is 12.1. The molecule has 2 rings (SSSR count). The molecule has 0 spiro atoms. The second-order valence-corrected chi connectivity index (χ2v) is 5.64. The summed E-state index contributed by atoms with van der Waals surface area (Å²) in [7, 11) is 0. The number of hydrogen-bond acceptors (Lipinski definition) is 4. The number of nitrogens with two attached hydrogens (primary N) is 1. The molecule has 2 aromatic rings. The monoisotopic (exact) mass is 285 g/mol. The Bertz CT molecular complexity index is 596. The second-order valence-electron chi connectivity index (χ2n) is 5.64. The number of aryl methyl sites for hydroxylation is 1. The molecule has 4 heteroatoms. The number of nitrogen functional groups attached to an aromatic ring is 1. The summed E-state index contributed by atoms with van der Waals surface area (Å²) >= 11 is 0. The van der Waals surface area contributed by atoms with Crippen molar-refractivity contribution in [2.75, 3.05) is 17.7 Å². The number of anilines is 2. The van der Waals surface area contributed by atoms with E-state index in [9.17, 15) is 0 Å². The van der Waals surface area contributed by atoms with Gasteiger partial charge in [-0.2, -0.15) is 4.98 Å². The minimum absolute atomic E-state index is 0.440. The average Bonchev–Trinajstić information content (AvgIpc) is 2.45. The van der Waals surface area contributed by atoms with Gasteiger partial charge in [-0.1, -0.05) is 43.7 Å². The molecule has 21 heavy (non-hydrogen) atoms. The highest BCUT2D eigenvalue weighted by atomic mass is 16.5. The molecule has 0 saturated carbocycles. The van der Waals surface area contributed by atoms with Crippen LogP contribution in [0.1, 0.15) is 25.0 Å². The van der Waals surface area contributed by atoms with Crippen LogP contribution in [0.15, 0.2) is 36.4 Å². The Morgan fingerprint density at radius 3 is 2.76 bits per heavy atom. The van der Waals surface area contributed by atoms with Crippen molar-refractivity contribution in [1.82, 2.24) is 4.98 Å². The molecule has 3 N–H and O–H groups in total. The molecular weight excluding hydrogens is 262 g/mol. The van der Waals surface area contributed by atoms with Gasteiger partial charge in [-0.15, -0.1) is 0 Å². The van der Waals surface area contributed by atoms with Crippen LogP contribution >= 0.6 is 0 Å².